The standard InChI is InChI=1S/C28H21F3O3/c1-32-21-13-11-19(12-14-21)27(18-7-9-20(10-8-18)28(29,30)31)16-15-24-22-5-3-4-6-23(22)25(33-2)17-26(24)34-27/h3-17H,1-2H3. The molecule has 1 unspecified atom stereocenters. The summed E-state index contributed by atoms with van der Waals surface area (Å²) in [5, 5.41) is 1.91. The molecule has 3 nitrogen and oxygen atoms in total. The van der Waals surface area contributed by atoms with E-state index in [1.165, 1.54) is 12.1 Å². The molecule has 0 radical (unpaired) electrons. The van der Waals surface area contributed by atoms with Crippen LogP contribution in [-0.4, -0.2) is 14.2 Å². The molecule has 0 fully saturated rings. The van der Waals surface area contributed by atoms with E-state index in [0.717, 1.165) is 34.0 Å². The summed E-state index contributed by atoms with van der Waals surface area (Å²) in [4.78, 5) is 0. The summed E-state index contributed by atoms with van der Waals surface area (Å²) < 4.78 is 57.2. The second-order valence-electron chi connectivity index (χ2n) is 8.01. The van der Waals surface area contributed by atoms with Crippen molar-refractivity contribution in [3.63, 3.8) is 0 Å². The van der Waals surface area contributed by atoms with Crippen LogP contribution >= 0.6 is 0 Å². The van der Waals surface area contributed by atoms with E-state index in [-0.39, 0.29) is 0 Å². The fourth-order valence-corrected chi connectivity index (χ4v) is 4.40. The lowest BCUT2D eigenvalue weighted by Crippen LogP contribution is -2.34. The van der Waals surface area contributed by atoms with Crippen LogP contribution in [0.25, 0.3) is 16.8 Å². The van der Waals surface area contributed by atoms with Crippen molar-refractivity contribution in [2.75, 3.05) is 14.2 Å². The summed E-state index contributed by atoms with van der Waals surface area (Å²) in [6.07, 6.45) is -0.574. The molecule has 5 rings (SSSR count). The van der Waals surface area contributed by atoms with Crippen molar-refractivity contribution in [2.45, 2.75) is 11.8 Å². The van der Waals surface area contributed by atoms with E-state index in [1.54, 1.807) is 26.4 Å². The molecule has 1 aliphatic heterocycles. The Bertz CT molecular complexity index is 1370. The molecule has 6 heteroatoms. The zero-order valence-electron chi connectivity index (χ0n) is 18.5. The van der Waals surface area contributed by atoms with Crippen molar-refractivity contribution < 1.29 is 27.4 Å². The first kappa shape index (κ1) is 21.9. The summed E-state index contributed by atoms with van der Waals surface area (Å²) in [7, 11) is 3.17. The summed E-state index contributed by atoms with van der Waals surface area (Å²) in [5.41, 5.74) is 0.347. The fraction of sp³-hybridized carbons (Fsp3) is 0.143. The molecule has 4 aromatic carbocycles. The van der Waals surface area contributed by atoms with Crippen LogP contribution in [0.2, 0.25) is 0 Å². The van der Waals surface area contributed by atoms with Crippen LogP contribution in [0.5, 0.6) is 17.2 Å². The average Bonchev–Trinajstić information content (AvgIpc) is 2.87. The van der Waals surface area contributed by atoms with Crippen LogP contribution in [0.1, 0.15) is 22.3 Å². The van der Waals surface area contributed by atoms with E-state index in [4.69, 9.17) is 14.2 Å². The lowest BCUT2D eigenvalue weighted by molar-refractivity contribution is -0.137. The monoisotopic (exact) mass is 462 g/mol. The van der Waals surface area contributed by atoms with Gasteiger partial charge in [-0.1, -0.05) is 48.5 Å². The molecular weight excluding hydrogens is 441 g/mol. The van der Waals surface area contributed by atoms with E-state index in [2.05, 4.69) is 0 Å². The van der Waals surface area contributed by atoms with Crippen LogP contribution in [0.4, 0.5) is 13.2 Å². The van der Waals surface area contributed by atoms with Gasteiger partial charge in [0.1, 0.15) is 17.2 Å². The second kappa shape index (κ2) is 8.13. The summed E-state index contributed by atoms with van der Waals surface area (Å²) in [6, 6.07) is 22.0. The Morgan fingerprint density at radius 2 is 1.38 bits per heavy atom. The lowest BCUT2D eigenvalue weighted by atomic mass is 9.82. The third-order valence-electron chi connectivity index (χ3n) is 6.15. The van der Waals surface area contributed by atoms with Crippen molar-refractivity contribution >= 4 is 16.8 Å². The number of rotatable bonds is 4. The van der Waals surface area contributed by atoms with Crippen molar-refractivity contribution in [1.29, 1.82) is 0 Å². The molecule has 1 heterocycles. The van der Waals surface area contributed by atoms with Crippen molar-refractivity contribution in [3.8, 4) is 17.2 Å². The van der Waals surface area contributed by atoms with Crippen molar-refractivity contribution in [3.05, 3.63) is 107 Å². The molecule has 0 aromatic heterocycles. The first-order valence-corrected chi connectivity index (χ1v) is 10.7. The minimum Gasteiger partial charge on any atom is -0.497 e. The Morgan fingerprint density at radius 1 is 0.765 bits per heavy atom. The number of fused-ring (bicyclic) bond motifs is 3. The number of hydrogen-bond donors (Lipinski definition) is 0. The van der Waals surface area contributed by atoms with Gasteiger partial charge in [0.25, 0.3) is 0 Å². The summed E-state index contributed by atoms with van der Waals surface area (Å²) >= 11 is 0. The zero-order chi connectivity index (χ0) is 23.9. The highest BCUT2D eigenvalue weighted by atomic mass is 19.4. The van der Waals surface area contributed by atoms with Gasteiger partial charge in [0.05, 0.1) is 19.8 Å². The third-order valence-corrected chi connectivity index (χ3v) is 6.15. The number of hydrogen-bond acceptors (Lipinski definition) is 3. The molecule has 0 amide bonds. The Morgan fingerprint density at radius 3 is 1.97 bits per heavy atom. The summed E-state index contributed by atoms with van der Waals surface area (Å²) in [6.45, 7) is 0. The Balaban J connectivity index is 1.71. The van der Waals surface area contributed by atoms with Gasteiger partial charge in [-0.15, -0.1) is 0 Å². The Hall–Kier alpha value is -3.93. The minimum atomic E-state index is -4.42. The maximum Gasteiger partial charge on any atom is 0.416 e. The highest BCUT2D eigenvalue weighted by molar-refractivity contribution is 5.98. The van der Waals surface area contributed by atoms with Crippen LogP contribution < -0.4 is 14.2 Å². The molecule has 172 valence electrons. The van der Waals surface area contributed by atoms with Crippen molar-refractivity contribution in [2.24, 2.45) is 0 Å². The highest BCUT2D eigenvalue weighted by Crippen LogP contribution is 2.47. The Kier molecular flexibility index (Phi) is 5.24. The molecule has 1 atom stereocenters. The van der Waals surface area contributed by atoms with Gasteiger partial charge in [0, 0.05) is 28.1 Å². The first-order chi connectivity index (χ1) is 16.4. The normalized spacial score (nSPS) is 17.2. The number of alkyl halides is 3. The molecule has 4 aromatic rings. The van der Waals surface area contributed by atoms with E-state index in [9.17, 15) is 13.2 Å². The van der Waals surface area contributed by atoms with Crippen LogP contribution in [0.3, 0.4) is 0 Å². The molecule has 0 N–H and O–H groups in total. The number of benzene rings is 4. The molecule has 0 saturated heterocycles. The predicted octanol–water partition coefficient (Wildman–Crippen LogP) is 7.23. The van der Waals surface area contributed by atoms with Gasteiger partial charge in [0.15, 0.2) is 5.60 Å². The number of methoxy groups -OCH3 is 2. The highest BCUT2D eigenvalue weighted by Gasteiger charge is 2.39. The fourth-order valence-electron chi connectivity index (χ4n) is 4.40. The maximum absolute atomic E-state index is 13.2. The molecule has 0 saturated carbocycles. The van der Waals surface area contributed by atoms with Gasteiger partial charge in [0.2, 0.25) is 0 Å². The molecule has 34 heavy (non-hydrogen) atoms. The van der Waals surface area contributed by atoms with E-state index in [1.807, 2.05) is 54.6 Å². The van der Waals surface area contributed by atoms with E-state index in [0.29, 0.717) is 22.8 Å². The quantitative estimate of drug-likeness (QED) is 0.320. The molecular formula is C28H21F3O3. The largest absolute Gasteiger partial charge is 0.497 e. The van der Waals surface area contributed by atoms with E-state index >= 15 is 0 Å². The minimum absolute atomic E-state index is 0.569. The smallest absolute Gasteiger partial charge is 0.416 e. The molecule has 0 spiro atoms. The Labute approximate surface area is 195 Å². The van der Waals surface area contributed by atoms with E-state index < -0.39 is 17.3 Å². The predicted molar refractivity (Wildman–Crippen MR) is 125 cm³/mol. The van der Waals surface area contributed by atoms with Gasteiger partial charge in [-0.3, -0.25) is 0 Å². The summed E-state index contributed by atoms with van der Waals surface area (Å²) in [5.74, 6) is 1.90. The van der Waals surface area contributed by atoms with Gasteiger partial charge < -0.3 is 14.2 Å². The maximum atomic E-state index is 13.2. The lowest BCUT2D eigenvalue weighted by Gasteiger charge is -2.36. The van der Waals surface area contributed by atoms with Gasteiger partial charge in [-0.25, -0.2) is 0 Å². The van der Waals surface area contributed by atoms with Crippen molar-refractivity contribution in [1.82, 2.24) is 0 Å². The second-order valence-corrected chi connectivity index (χ2v) is 8.01. The van der Waals surface area contributed by atoms with Gasteiger partial charge in [-0.05, 0) is 41.8 Å². The van der Waals surface area contributed by atoms with Crippen LogP contribution in [0, 0.1) is 0 Å². The molecule has 1 aliphatic rings. The van der Waals surface area contributed by atoms with Gasteiger partial charge in [-0.2, -0.15) is 13.2 Å². The van der Waals surface area contributed by atoms with Gasteiger partial charge >= 0.3 is 6.18 Å². The molecule has 0 bridgehead atoms. The third kappa shape index (κ3) is 3.55. The number of halogens is 3. The SMILES string of the molecule is COc1ccc(C2(c3ccc(C(F)(F)F)cc3)C=Cc3c(cc(OC)c4ccccc34)O2)cc1. The number of ether oxygens (including phenoxy) is 3. The van der Waals surface area contributed by atoms with Crippen LogP contribution in [-0.2, 0) is 11.8 Å². The molecule has 0 aliphatic carbocycles. The first-order valence-electron chi connectivity index (χ1n) is 10.7. The van der Waals surface area contributed by atoms with Crippen LogP contribution in [0.15, 0.2) is 84.9 Å². The zero-order valence-corrected chi connectivity index (χ0v) is 18.5. The average molecular weight is 462 g/mol. The topological polar surface area (TPSA) is 27.7 Å².